The van der Waals surface area contributed by atoms with Gasteiger partial charge in [0.05, 0.1) is 5.60 Å². The maximum Gasteiger partial charge on any atom is 0.256 e. The summed E-state index contributed by atoms with van der Waals surface area (Å²) in [7, 11) is 5.25. The molecule has 2 atom stereocenters. The molecule has 3 amide bonds. The van der Waals surface area contributed by atoms with Gasteiger partial charge >= 0.3 is 0 Å². The fraction of sp³-hybridized carbons (Fsp3) is 0.864. The minimum absolute atomic E-state index is 0.0224. The first-order valence-corrected chi connectivity index (χ1v) is 12.1. The van der Waals surface area contributed by atoms with Gasteiger partial charge in [0.15, 0.2) is 5.37 Å². The lowest BCUT2D eigenvalue weighted by molar-refractivity contribution is -0.145. The summed E-state index contributed by atoms with van der Waals surface area (Å²) < 4.78 is 0. The second-order valence-electron chi connectivity index (χ2n) is 9.73. The topological polar surface area (TPSA) is 107 Å². The van der Waals surface area contributed by atoms with E-state index in [9.17, 15) is 19.5 Å². The fourth-order valence-corrected chi connectivity index (χ4v) is 5.23. The van der Waals surface area contributed by atoms with Crippen LogP contribution in [-0.2, 0) is 14.4 Å². The van der Waals surface area contributed by atoms with Gasteiger partial charge in [0.25, 0.3) is 5.91 Å². The first-order chi connectivity index (χ1) is 14.2. The molecule has 0 saturated heterocycles. The predicted octanol–water partition coefficient (Wildman–Crippen LogP) is 1.65. The van der Waals surface area contributed by atoms with Crippen LogP contribution in [0.3, 0.4) is 0 Å². The van der Waals surface area contributed by atoms with Crippen LogP contribution in [0.4, 0.5) is 0 Å². The summed E-state index contributed by atoms with van der Waals surface area (Å²) in [6, 6.07) is -0.580. The highest BCUT2D eigenvalue weighted by molar-refractivity contribution is 8.00. The molecule has 1 unspecified atom stereocenters. The Balaban J connectivity index is 3.10. The van der Waals surface area contributed by atoms with Gasteiger partial charge in [0.1, 0.15) is 6.04 Å². The Bertz CT molecular complexity index is 646. The number of thioether (sulfide) groups is 1. The van der Waals surface area contributed by atoms with Crippen LogP contribution in [-0.4, -0.2) is 93.0 Å². The molecule has 1 saturated carbocycles. The molecule has 1 aliphatic carbocycles. The highest BCUT2D eigenvalue weighted by Crippen LogP contribution is 2.45. The Labute approximate surface area is 191 Å². The van der Waals surface area contributed by atoms with Crippen LogP contribution < -0.4 is 5.73 Å². The van der Waals surface area contributed by atoms with Crippen LogP contribution in [0, 0.1) is 0 Å². The lowest BCUT2D eigenvalue weighted by Crippen LogP contribution is -2.55. The lowest BCUT2D eigenvalue weighted by atomic mass is 9.97. The van der Waals surface area contributed by atoms with Crippen molar-refractivity contribution in [1.82, 2.24) is 14.7 Å². The van der Waals surface area contributed by atoms with Crippen molar-refractivity contribution < 1.29 is 19.5 Å². The molecule has 3 N–H and O–H groups in total. The van der Waals surface area contributed by atoms with Crippen molar-refractivity contribution in [2.75, 3.05) is 26.9 Å². The van der Waals surface area contributed by atoms with Gasteiger partial charge < -0.3 is 20.6 Å². The Morgan fingerprint density at radius 3 is 2.06 bits per heavy atom. The molecule has 180 valence electrons. The first kappa shape index (κ1) is 27.7. The SMILES string of the molecule is CCCC(=O)N(C)C(SCC1(N(C)C(C)C)CC1)C(=O)N(C)[C@@H](CC(C)(C)O)C(N)=O. The van der Waals surface area contributed by atoms with E-state index in [2.05, 4.69) is 25.8 Å². The summed E-state index contributed by atoms with van der Waals surface area (Å²) in [5, 5.41) is 9.43. The Morgan fingerprint density at radius 1 is 1.13 bits per heavy atom. The molecule has 0 bridgehead atoms. The normalized spacial score (nSPS) is 17.4. The zero-order chi connectivity index (χ0) is 24.1. The van der Waals surface area contributed by atoms with Crippen molar-refractivity contribution in [1.29, 1.82) is 0 Å². The van der Waals surface area contributed by atoms with Crippen LogP contribution in [0.2, 0.25) is 0 Å². The number of primary amides is 1. The van der Waals surface area contributed by atoms with Gasteiger partial charge in [-0.05, 0) is 54.0 Å². The third-order valence-electron chi connectivity index (χ3n) is 6.12. The van der Waals surface area contributed by atoms with Gasteiger partial charge in [0, 0.05) is 44.3 Å². The van der Waals surface area contributed by atoms with Crippen molar-refractivity contribution in [3.63, 3.8) is 0 Å². The summed E-state index contributed by atoms with van der Waals surface area (Å²) in [4.78, 5) is 43.3. The summed E-state index contributed by atoms with van der Waals surface area (Å²) >= 11 is 1.44. The summed E-state index contributed by atoms with van der Waals surface area (Å²) in [5.74, 6) is -0.431. The number of nitrogens with zero attached hydrogens (tertiary/aromatic N) is 3. The van der Waals surface area contributed by atoms with E-state index in [0.717, 1.165) is 12.8 Å². The average Bonchev–Trinajstić information content (AvgIpc) is 3.44. The van der Waals surface area contributed by atoms with Crippen molar-refractivity contribution in [2.45, 2.75) is 95.3 Å². The van der Waals surface area contributed by atoms with E-state index in [1.807, 2.05) is 6.92 Å². The van der Waals surface area contributed by atoms with E-state index in [-0.39, 0.29) is 23.8 Å². The maximum atomic E-state index is 13.5. The lowest BCUT2D eigenvalue weighted by Gasteiger charge is -2.37. The van der Waals surface area contributed by atoms with Crippen LogP contribution >= 0.6 is 11.8 Å². The molecular formula is C22H42N4O4S. The zero-order valence-electron chi connectivity index (χ0n) is 20.5. The number of carbonyl (C=O) groups excluding carboxylic acids is 3. The van der Waals surface area contributed by atoms with E-state index >= 15 is 0 Å². The van der Waals surface area contributed by atoms with Gasteiger partial charge in [-0.15, -0.1) is 11.8 Å². The molecule has 0 aromatic rings. The molecule has 31 heavy (non-hydrogen) atoms. The second kappa shape index (κ2) is 11.0. The smallest absolute Gasteiger partial charge is 0.256 e. The molecule has 0 spiro atoms. The number of rotatable bonds is 13. The highest BCUT2D eigenvalue weighted by Gasteiger charge is 2.48. The van der Waals surface area contributed by atoms with Gasteiger partial charge in [-0.2, -0.15) is 0 Å². The number of amides is 3. The molecule has 0 aromatic carbocycles. The molecule has 1 fully saturated rings. The highest BCUT2D eigenvalue weighted by atomic mass is 32.2. The Kier molecular flexibility index (Phi) is 9.84. The summed E-state index contributed by atoms with van der Waals surface area (Å²) in [5.41, 5.74) is 4.42. The number of carbonyl (C=O) groups is 3. The van der Waals surface area contributed by atoms with Crippen molar-refractivity contribution in [3.05, 3.63) is 0 Å². The van der Waals surface area contributed by atoms with Crippen LogP contribution in [0.15, 0.2) is 0 Å². The Morgan fingerprint density at radius 2 is 1.68 bits per heavy atom. The molecule has 8 nitrogen and oxygen atoms in total. The van der Waals surface area contributed by atoms with Gasteiger partial charge in [-0.25, -0.2) is 0 Å². The summed E-state index contributed by atoms with van der Waals surface area (Å²) in [6.45, 7) is 9.36. The monoisotopic (exact) mass is 458 g/mol. The van der Waals surface area contributed by atoms with E-state index < -0.39 is 22.9 Å². The Hall–Kier alpha value is -1.32. The third kappa shape index (κ3) is 7.64. The van der Waals surface area contributed by atoms with Crippen molar-refractivity contribution >= 4 is 29.5 Å². The molecule has 0 heterocycles. The number of aliphatic hydroxyl groups is 1. The predicted molar refractivity (Wildman–Crippen MR) is 125 cm³/mol. The minimum Gasteiger partial charge on any atom is -0.390 e. The number of hydrogen-bond donors (Lipinski definition) is 2. The van der Waals surface area contributed by atoms with E-state index in [1.54, 1.807) is 20.9 Å². The summed E-state index contributed by atoms with van der Waals surface area (Å²) in [6.07, 6.45) is 3.17. The first-order valence-electron chi connectivity index (χ1n) is 11.1. The quantitative estimate of drug-likeness (QED) is 0.407. The van der Waals surface area contributed by atoms with Crippen molar-refractivity contribution in [2.24, 2.45) is 5.73 Å². The third-order valence-corrected chi connectivity index (χ3v) is 7.65. The zero-order valence-corrected chi connectivity index (χ0v) is 21.3. The van der Waals surface area contributed by atoms with E-state index in [4.69, 9.17) is 5.73 Å². The molecule has 0 radical (unpaired) electrons. The largest absolute Gasteiger partial charge is 0.390 e. The fourth-order valence-electron chi connectivity index (χ4n) is 3.62. The maximum absolute atomic E-state index is 13.5. The number of hydrogen-bond acceptors (Lipinski definition) is 6. The van der Waals surface area contributed by atoms with Crippen LogP contribution in [0.5, 0.6) is 0 Å². The second-order valence-corrected chi connectivity index (χ2v) is 10.8. The molecule has 0 aromatic heterocycles. The molecular weight excluding hydrogens is 416 g/mol. The molecule has 9 heteroatoms. The molecule has 1 rings (SSSR count). The van der Waals surface area contributed by atoms with Gasteiger partial charge in [-0.1, -0.05) is 6.92 Å². The van der Waals surface area contributed by atoms with Crippen molar-refractivity contribution in [3.8, 4) is 0 Å². The van der Waals surface area contributed by atoms with E-state index in [0.29, 0.717) is 24.6 Å². The minimum atomic E-state index is -1.17. The molecule has 0 aliphatic heterocycles. The van der Waals surface area contributed by atoms with Gasteiger partial charge in [0.2, 0.25) is 11.8 Å². The number of likely N-dealkylation sites (N-methyl/N-ethyl adjacent to an activating group) is 2. The van der Waals surface area contributed by atoms with E-state index in [1.165, 1.54) is 28.6 Å². The van der Waals surface area contributed by atoms with Gasteiger partial charge in [-0.3, -0.25) is 19.3 Å². The van der Waals surface area contributed by atoms with Crippen LogP contribution in [0.1, 0.15) is 66.7 Å². The standard InChI is InChI=1S/C22H42N4O4S/c1-9-10-17(27)25(7)20(31-14-22(11-12-22)26(8)15(2)3)19(29)24(6)16(18(23)28)13-21(4,5)30/h15-16,20,30H,9-14H2,1-8H3,(H2,23,28)/t16-,20?/m0/s1. The van der Waals surface area contributed by atoms with Crippen LogP contribution in [0.25, 0.3) is 0 Å². The average molecular weight is 459 g/mol. The number of nitrogens with two attached hydrogens (primary N) is 1. The molecule has 1 aliphatic rings.